The lowest BCUT2D eigenvalue weighted by molar-refractivity contribution is 0.111. The van der Waals surface area contributed by atoms with Crippen LogP contribution in [0.1, 0.15) is 48.4 Å². The fourth-order valence-electron chi connectivity index (χ4n) is 7.02. The Bertz CT molecular complexity index is 2920. The lowest BCUT2D eigenvalue weighted by Crippen LogP contribution is -2.24. The molecule has 8 aromatic rings. The Morgan fingerprint density at radius 2 is 1.33 bits per heavy atom. The molecule has 0 unspecified atom stereocenters. The lowest BCUT2D eigenvalue weighted by atomic mass is 9.85. The summed E-state index contributed by atoms with van der Waals surface area (Å²) >= 11 is 0. The third-order valence-electron chi connectivity index (χ3n) is 9.24. The quantitative estimate of drug-likeness (QED) is 0.194. The van der Waals surface area contributed by atoms with Crippen LogP contribution in [0.4, 0.5) is 0 Å². The van der Waals surface area contributed by atoms with E-state index in [-0.39, 0.29) is 50.4 Å². The van der Waals surface area contributed by atoms with Crippen molar-refractivity contribution in [1.29, 1.82) is 0 Å². The predicted molar refractivity (Wildman–Crippen MR) is 195 cm³/mol. The SMILES string of the molecule is [2H]C([2H])([2H])c1ccc(-c2cccc(-n3c4ccccc4n4c5ccccc5nc34)c2C([2H])([2H])[2H])c(C([2H])([2H])[2H])c1-c1cccc2c1Oc1ccccc1OC2(C)C. The van der Waals surface area contributed by atoms with Gasteiger partial charge in [0.2, 0.25) is 5.78 Å². The normalized spacial score (nSPS) is 17.2. The van der Waals surface area contributed by atoms with Crippen molar-refractivity contribution < 1.29 is 21.8 Å². The first-order valence-electron chi connectivity index (χ1n) is 20.2. The number of para-hydroxylation sites is 7. The van der Waals surface area contributed by atoms with Crippen LogP contribution in [0, 0.1) is 20.6 Å². The van der Waals surface area contributed by atoms with Gasteiger partial charge in [0.05, 0.1) is 27.8 Å². The Morgan fingerprint density at radius 1 is 0.625 bits per heavy atom. The zero-order valence-electron chi connectivity index (χ0n) is 35.2. The van der Waals surface area contributed by atoms with E-state index in [1.807, 2.05) is 72.8 Å². The second kappa shape index (κ2) is 10.3. The summed E-state index contributed by atoms with van der Waals surface area (Å²) in [7, 11) is 0. The number of ether oxygens (including phenoxy) is 2. The maximum Gasteiger partial charge on any atom is 0.220 e. The highest BCUT2D eigenvalue weighted by molar-refractivity contribution is 5.93. The molecule has 0 amide bonds. The van der Waals surface area contributed by atoms with Crippen LogP contribution in [0.15, 0.2) is 121 Å². The number of hydrogen-bond donors (Lipinski definition) is 0. The van der Waals surface area contributed by atoms with Crippen LogP contribution in [0.3, 0.4) is 0 Å². The predicted octanol–water partition coefficient (Wildman–Crippen LogP) is 11.1. The molecule has 234 valence electrons. The smallest absolute Gasteiger partial charge is 0.220 e. The molecule has 3 heterocycles. The summed E-state index contributed by atoms with van der Waals surface area (Å²) in [6.07, 6.45) is 0. The number of fused-ring (bicyclic) bond motifs is 7. The Labute approximate surface area is 292 Å². The minimum Gasteiger partial charge on any atom is -0.479 e. The van der Waals surface area contributed by atoms with Crippen molar-refractivity contribution >= 4 is 27.8 Å². The molecule has 0 saturated heterocycles. The molecule has 0 fully saturated rings. The van der Waals surface area contributed by atoms with Crippen LogP contribution >= 0.6 is 0 Å². The highest BCUT2D eigenvalue weighted by atomic mass is 16.5. The van der Waals surface area contributed by atoms with E-state index in [0.29, 0.717) is 33.9 Å². The molecule has 0 atom stereocenters. The molecular weight excluding hydrogens is 590 g/mol. The molecule has 48 heavy (non-hydrogen) atoms. The molecule has 0 bridgehead atoms. The fourth-order valence-corrected chi connectivity index (χ4v) is 7.02. The molecule has 9 rings (SSSR count). The van der Waals surface area contributed by atoms with E-state index < -0.39 is 26.2 Å². The Morgan fingerprint density at radius 3 is 2.17 bits per heavy atom. The first kappa shape index (κ1) is 20.4. The highest BCUT2D eigenvalue weighted by Crippen LogP contribution is 2.50. The second-order valence-electron chi connectivity index (χ2n) is 12.5. The molecule has 5 heteroatoms. The number of aryl methyl sites for hydroxylation is 1. The van der Waals surface area contributed by atoms with E-state index in [1.54, 1.807) is 59.2 Å². The van der Waals surface area contributed by atoms with Crippen LogP contribution < -0.4 is 9.47 Å². The van der Waals surface area contributed by atoms with Crippen molar-refractivity contribution in [2.45, 2.75) is 40.0 Å². The fraction of sp³-hybridized carbons (Fsp3) is 0.140. The van der Waals surface area contributed by atoms with Crippen LogP contribution in [-0.2, 0) is 5.60 Å². The molecule has 6 aromatic carbocycles. The molecule has 0 radical (unpaired) electrons. The molecule has 1 aliphatic heterocycles. The monoisotopic (exact) mass is 634 g/mol. The minimum absolute atomic E-state index is 0.0501. The summed E-state index contributed by atoms with van der Waals surface area (Å²) in [5, 5.41) is 0. The summed E-state index contributed by atoms with van der Waals surface area (Å²) in [6, 6.07) is 35.2. The van der Waals surface area contributed by atoms with E-state index in [1.165, 1.54) is 12.1 Å². The number of imidazole rings is 2. The van der Waals surface area contributed by atoms with E-state index in [0.717, 1.165) is 11.0 Å². The average Bonchev–Trinajstić information content (AvgIpc) is 3.64. The van der Waals surface area contributed by atoms with Gasteiger partial charge < -0.3 is 9.47 Å². The summed E-state index contributed by atoms with van der Waals surface area (Å²) in [4.78, 5) is 4.95. The van der Waals surface area contributed by atoms with Crippen molar-refractivity contribution in [3.8, 4) is 45.2 Å². The van der Waals surface area contributed by atoms with Gasteiger partial charge in [-0.25, -0.2) is 4.98 Å². The highest BCUT2D eigenvalue weighted by Gasteiger charge is 2.33. The van der Waals surface area contributed by atoms with Gasteiger partial charge in [-0.3, -0.25) is 8.97 Å². The second-order valence-corrected chi connectivity index (χ2v) is 12.5. The van der Waals surface area contributed by atoms with Crippen LogP contribution in [0.5, 0.6) is 17.2 Å². The Kier molecular flexibility index (Phi) is 4.40. The molecule has 2 aromatic heterocycles. The van der Waals surface area contributed by atoms with E-state index >= 15 is 0 Å². The van der Waals surface area contributed by atoms with Gasteiger partial charge in [-0.05, 0) is 110 Å². The number of rotatable bonds is 3. The lowest BCUT2D eigenvalue weighted by Gasteiger charge is -2.27. The van der Waals surface area contributed by atoms with Crippen molar-refractivity contribution in [3.63, 3.8) is 0 Å². The first-order valence-corrected chi connectivity index (χ1v) is 15.7. The van der Waals surface area contributed by atoms with Gasteiger partial charge in [-0.1, -0.05) is 78.9 Å². The zero-order valence-corrected chi connectivity index (χ0v) is 26.2. The van der Waals surface area contributed by atoms with Crippen LogP contribution in [-0.4, -0.2) is 14.0 Å². The van der Waals surface area contributed by atoms with Gasteiger partial charge >= 0.3 is 0 Å². The molecule has 0 spiro atoms. The number of hydrogen-bond acceptors (Lipinski definition) is 3. The molecule has 5 nitrogen and oxygen atoms in total. The molecule has 0 N–H and O–H groups in total. The van der Waals surface area contributed by atoms with Crippen molar-refractivity contribution in [2.24, 2.45) is 0 Å². The van der Waals surface area contributed by atoms with Crippen molar-refractivity contribution in [3.05, 3.63) is 144 Å². The number of benzene rings is 6. The van der Waals surface area contributed by atoms with Crippen molar-refractivity contribution in [1.82, 2.24) is 14.0 Å². The molecule has 0 aliphatic carbocycles. The van der Waals surface area contributed by atoms with Gasteiger partial charge in [0, 0.05) is 23.5 Å². The van der Waals surface area contributed by atoms with Crippen molar-refractivity contribution in [2.75, 3.05) is 0 Å². The average molecular weight is 635 g/mol. The maximum atomic E-state index is 9.05. The van der Waals surface area contributed by atoms with Gasteiger partial charge in [0.25, 0.3) is 0 Å². The van der Waals surface area contributed by atoms with Crippen LogP contribution in [0.25, 0.3) is 55.8 Å². The summed E-state index contributed by atoms with van der Waals surface area (Å²) in [6.45, 7) is -4.80. The minimum atomic E-state index is -2.94. The number of nitrogens with zero attached hydrogens (tertiary/aromatic N) is 3. The molecule has 1 aliphatic rings. The van der Waals surface area contributed by atoms with Gasteiger partial charge in [0.15, 0.2) is 11.5 Å². The van der Waals surface area contributed by atoms with E-state index in [2.05, 4.69) is 0 Å². The topological polar surface area (TPSA) is 40.7 Å². The van der Waals surface area contributed by atoms with Gasteiger partial charge in [-0.15, -0.1) is 0 Å². The zero-order chi connectivity index (χ0) is 40.2. The molecular formula is C43H35N3O2. The standard InChI is InChI=1S/C43H35N3O2/c1-26-24-25-30(28(3)40(26)31-15-12-16-32-41(31)47-38-22-10-11-23-39(38)48-43(32,4)5)29-14-13-21-34(27(29)2)45-36-19-8-9-20-37(36)46-35-18-7-6-17-33(35)44-42(45)46/h6-25H,1-5H3/i1D3,2D3,3D3. The Balaban J connectivity index is 1.39. The van der Waals surface area contributed by atoms with E-state index in [4.69, 9.17) is 26.8 Å². The summed E-state index contributed by atoms with van der Waals surface area (Å²) in [5.41, 5.74) is 2.53. The first-order chi connectivity index (χ1) is 26.9. The molecule has 0 saturated carbocycles. The largest absolute Gasteiger partial charge is 0.479 e. The third kappa shape index (κ3) is 4.07. The Hall–Kier alpha value is -5.81. The van der Waals surface area contributed by atoms with E-state index in [9.17, 15) is 0 Å². The number of aromatic nitrogens is 3. The summed E-state index contributed by atoms with van der Waals surface area (Å²) < 4.78 is 96.9. The van der Waals surface area contributed by atoms with Gasteiger partial charge in [-0.2, -0.15) is 0 Å². The van der Waals surface area contributed by atoms with Crippen LogP contribution in [0.2, 0.25) is 0 Å². The third-order valence-corrected chi connectivity index (χ3v) is 9.24. The maximum absolute atomic E-state index is 9.05. The van der Waals surface area contributed by atoms with Gasteiger partial charge in [0.1, 0.15) is 11.4 Å². The summed E-state index contributed by atoms with van der Waals surface area (Å²) in [5.74, 6) is 1.54.